The third-order valence-electron chi connectivity index (χ3n) is 5.79. The Kier molecular flexibility index (Phi) is 5.48. The number of aliphatic hydroxyl groups is 1. The molecule has 2 aliphatic rings. The maximum Gasteiger partial charge on any atom is 0.417 e. The van der Waals surface area contributed by atoms with Gasteiger partial charge in [0, 0.05) is 23.2 Å². The molecule has 156 valence electrons. The van der Waals surface area contributed by atoms with Crippen molar-refractivity contribution >= 4 is 11.6 Å². The lowest BCUT2D eigenvalue weighted by atomic mass is 9.87. The van der Waals surface area contributed by atoms with Crippen LogP contribution in [0.3, 0.4) is 0 Å². The van der Waals surface area contributed by atoms with Gasteiger partial charge in [0.05, 0.1) is 10.6 Å². The number of aliphatic hydroxyl groups excluding tert-OH is 1. The summed E-state index contributed by atoms with van der Waals surface area (Å²) in [5.41, 5.74) is 0.657. The molecule has 0 amide bonds. The number of benzene rings is 1. The Balaban J connectivity index is 1.72. The summed E-state index contributed by atoms with van der Waals surface area (Å²) in [6.07, 6.45) is -1.46. The molecule has 1 aromatic heterocycles. The van der Waals surface area contributed by atoms with Crippen molar-refractivity contribution in [2.45, 2.75) is 62.4 Å². The molecule has 0 bridgehead atoms. The largest absolute Gasteiger partial charge is 0.417 e. The fourth-order valence-corrected chi connectivity index (χ4v) is 4.33. The number of hydrogen-bond donors (Lipinski definition) is 3. The molecule has 3 atom stereocenters. The molecule has 1 saturated carbocycles. The van der Waals surface area contributed by atoms with Gasteiger partial charge in [0.1, 0.15) is 6.23 Å². The highest BCUT2D eigenvalue weighted by Crippen LogP contribution is 2.40. The first kappa shape index (κ1) is 20.4. The van der Waals surface area contributed by atoms with Crippen molar-refractivity contribution in [1.82, 2.24) is 10.3 Å². The highest BCUT2D eigenvalue weighted by Gasteiger charge is 2.35. The van der Waals surface area contributed by atoms with E-state index in [0.717, 1.165) is 24.5 Å². The minimum Gasteiger partial charge on any atom is -0.379 e. The van der Waals surface area contributed by atoms with E-state index < -0.39 is 23.9 Å². The average molecular weight is 427 g/mol. The first-order valence-electron chi connectivity index (χ1n) is 9.76. The molecule has 1 aliphatic carbocycles. The molecule has 4 rings (SSSR count). The molecular weight excluding hydrogens is 405 g/mol. The highest BCUT2D eigenvalue weighted by atomic mass is 35.5. The molecule has 29 heavy (non-hydrogen) atoms. The lowest BCUT2D eigenvalue weighted by Gasteiger charge is -2.23. The van der Waals surface area contributed by atoms with Gasteiger partial charge < -0.3 is 10.1 Å². The summed E-state index contributed by atoms with van der Waals surface area (Å²) in [7, 11) is 0. The van der Waals surface area contributed by atoms with Gasteiger partial charge in [0.15, 0.2) is 0 Å². The van der Waals surface area contributed by atoms with Crippen molar-refractivity contribution < 1.29 is 18.3 Å². The van der Waals surface area contributed by atoms with Gasteiger partial charge in [-0.15, -0.1) is 0 Å². The number of H-pyrrole nitrogens is 1. The van der Waals surface area contributed by atoms with E-state index in [1.807, 2.05) is 0 Å². The van der Waals surface area contributed by atoms with Crippen LogP contribution >= 0.6 is 11.6 Å². The number of nitrogens with one attached hydrogen (secondary N) is 2. The zero-order chi connectivity index (χ0) is 20.8. The normalized spacial score (nSPS) is 23.3. The predicted molar refractivity (Wildman–Crippen MR) is 104 cm³/mol. The predicted octanol–water partition coefficient (Wildman–Crippen LogP) is 4.52. The molecule has 8 heteroatoms. The monoisotopic (exact) mass is 426 g/mol. The van der Waals surface area contributed by atoms with Crippen LogP contribution in [0.1, 0.15) is 66.3 Å². The summed E-state index contributed by atoms with van der Waals surface area (Å²) in [5.74, 6) is -0.178. The molecular formula is C21H22ClF3N2O2. The average Bonchev–Trinajstić information content (AvgIpc) is 3.41. The molecule has 0 spiro atoms. The summed E-state index contributed by atoms with van der Waals surface area (Å²) >= 11 is 5.79. The summed E-state index contributed by atoms with van der Waals surface area (Å²) in [6, 6.07) is 7.40. The van der Waals surface area contributed by atoms with E-state index in [1.54, 1.807) is 18.2 Å². The number of aromatic amines is 1. The highest BCUT2D eigenvalue weighted by molar-refractivity contribution is 6.31. The number of hydrogen-bond acceptors (Lipinski definition) is 3. The van der Waals surface area contributed by atoms with Gasteiger partial charge in [-0.25, -0.2) is 0 Å². The lowest BCUT2D eigenvalue weighted by molar-refractivity contribution is -0.137. The number of pyridine rings is 1. The number of halogens is 4. The number of rotatable bonds is 5. The van der Waals surface area contributed by atoms with E-state index in [9.17, 15) is 23.1 Å². The number of aromatic nitrogens is 1. The zero-order valence-electron chi connectivity index (χ0n) is 15.6. The summed E-state index contributed by atoms with van der Waals surface area (Å²) in [4.78, 5) is 15.4. The van der Waals surface area contributed by atoms with Crippen molar-refractivity contribution in [2.24, 2.45) is 0 Å². The smallest absolute Gasteiger partial charge is 0.379 e. The SMILES string of the molecule is O=c1[nH]c(C(C[C@H]2CCC(O)N2)c2ccc(Cl)c(C(F)(F)F)c2)ccc1C1CC1. The molecule has 2 aromatic rings. The maximum absolute atomic E-state index is 13.4. The molecule has 2 heterocycles. The van der Waals surface area contributed by atoms with Crippen molar-refractivity contribution in [2.75, 3.05) is 0 Å². The second-order valence-electron chi connectivity index (χ2n) is 7.95. The van der Waals surface area contributed by atoms with Crippen LogP contribution < -0.4 is 10.9 Å². The maximum atomic E-state index is 13.4. The Hall–Kier alpha value is -1.83. The van der Waals surface area contributed by atoms with Crippen LogP contribution in [0.4, 0.5) is 13.2 Å². The third-order valence-corrected chi connectivity index (χ3v) is 6.12. The third kappa shape index (κ3) is 4.52. The minimum absolute atomic E-state index is 0.0633. The van der Waals surface area contributed by atoms with Crippen molar-refractivity contribution in [3.05, 3.63) is 68.1 Å². The molecule has 1 aromatic carbocycles. The van der Waals surface area contributed by atoms with Crippen LogP contribution in [-0.4, -0.2) is 22.4 Å². The van der Waals surface area contributed by atoms with Gasteiger partial charge in [-0.2, -0.15) is 13.2 Å². The van der Waals surface area contributed by atoms with Gasteiger partial charge >= 0.3 is 6.18 Å². The molecule has 0 radical (unpaired) electrons. The fourth-order valence-electron chi connectivity index (χ4n) is 4.11. The Labute approximate surface area is 171 Å². The van der Waals surface area contributed by atoms with Crippen LogP contribution in [0.5, 0.6) is 0 Å². The van der Waals surface area contributed by atoms with Crippen molar-refractivity contribution in [3.8, 4) is 0 Å². The molecule has 1 aliphatic heterocycles. The molecule has 2 unspecified atom stereocenters. The minimum atomic E-state index is -4.57. The van der Waals surface area contributed by atoms with Gasteiger partial charge in [0.2, 0.25) is 0 Å². The first-order chi connectivity index (χ1) is 13.7. The Morgan fingerprint density at radius 1 is 1.14 bits per heavy atom. The lowest BCUT2D eigenvalue weighted by Crippen LogP contribution is -2.31. The van der Waals surface area contributed by atoms with Crippen LogP contribution in [0.15, 0.2) is 35.1 Å². The molecule has 2 fully saturated rings. The summed E-state index contributed by atoms with van der Waals surface area (Å²) in [5, 5.41) is 12.4. The van der Waals surface area contributed by atoms with Gasteiger partial charge in [0.25, 0.3) is 5.56 Å². The van der Waals surface area contributed by atoms with Crippen LogP contribution in [0.2, 0.25) is 5.02 Å². The van der Waals surface area contributed by atoms with E-state index in [-0.39, 0.29) is 22.5 Å². The molecule has 3 N–H and O–H groups in total. The molecule has 1 saturated heterocycles. The molecule has 4 nitrogen and oxygen atoms in total. The standard InChI is InChI=1S/C21H22ClF3N2O2/c22-17-6-3-12(9-16(17)21(23,24)25)15(10-13-4-8-19(28)26-13)18-7-5-14(11-1-2-11)20(29)27-18/h3,5-7,9,11,13,15,19,26,28H,1-2,4,8,10H2,(H,27,29)/t13-,15?,19?/m1/s1. The Morgan fingerprint density at radius 2 is 1.90 bits per heavy atom. The van der Waals surface area contributed by atoms with Crippen LogP contribution in [-0.2, 0) is 6.18 Å². The fraction of sp³-hybridized carbons (Fsp3) is 0.476. The second kappa shape index (κ2) is 7.78. The summed E-state index contributed by atoms with van der Waals surface area (Å²) in [6.45, 7) is 0. The van der Waals surface area contributed by atoms with E-state index in [4.69, 9.17) is 11.6 Å². The quantitative estimate of drug-likeness (QED) is 0.658. The topological polar surface area (TPSA) is 65.1 Å². The van der Waals surface area contributed by atoms with Gasteiger partial charge in [-0.1, -0.05) is 23.7 Å². The second-order valence-corrected chi connectivity index (χ2v) is 8.36. The van der Waals surface area contributed by atoms with Crippen molar-refractivity contribution in [1.29, 1.82) is 0 Å². The Bertz CT molecular complexity index is 956. The van der Waals surface area contributed by atoms with E-state index >= 15 is 0 Å². The van der Waals surface area contributed by atoms with E-state index in [1.165, 1.54) is 6.07 Å². The Morgan fingerprint density at radius 3 is 2.48 bits per heavy atom. The van der Waals surface area contributed by atoms with E-state index in [0.29, 0.717) is 30.5 Å². The zero-order valence-corrected chi connectivity index (χ0v) is 16.4. The van der Waals surface area contributed by atoms with Gasteiger partial charge in [-0.05, 0) is 61.8 Å². The van der Waals surface area contributed by atoms with Crippen LogP contribution in [0, 0.1) is 0 Å². The number of alkyl halides is 3. The summed E-state index contributed by atoms with van der Waals surface area (Å²) < 4.78 is 40.1. The van der Waals surface area contributed by atoms with Crippen molar-refractivity contribution in [3.63, 3.8) is 0 Å². The first-order valence-corrected chi connectivity index (χ1v) is 10.1. The van der Waals surface area contributed by atoms with E-state index in [2.05, 4.69) is 10.3 Å². The van der Waals surface area contributed by atoms with Gasteiger partial charge in [-0.3, -0.25) is 10.1 Å². The van der Waals surface area contributed by atoms with Crippen LogP contribution in [0.25, 0.3) is 0 Å².